The summed E-state index contributed by atoms with van der Waals surface area (Å²) in [6.07, 6.45) is 0. The topological polar surface area (TPSA) is 265 Å². The van der Waals surface area contributed by atoms with Crippen LogP contribution in [-0.2, 0) is 17.1 Å². The number of hydrogen-bond donors (Lipinski definition) is 0. The van der Waals surface area contributed by atoms with Crippen LogP contribution >= 0.6 is 0 Å². The zero-order valence-corrected chi connectivity index (χ0v) is 8.15. The Morgan fingerprint density at radius 3 is 0.471 bits per heavy atom. The van der Waals surface area contributed by atoms with E-state index in [1.54, 1.807) is 0 Å². The molecule has 0 rings (SSSR count). The SMILES string of the molecule is O=[N+]([O-])[O-].O=[N+]([O-])[O-].O=[N+]([O-])[O-].O=[N+]([O-])[O-].[Fe+3].[H+]. The number of rotatable bonds is 0. The van der Waals surface area contributed by atoms with Gasteiger partial charge in [-0.3, -0.25) is 0 Å². The molecule has 0 amide bonds. The summed E-state index contributed by atoms with van der Waals surface area (Å²) in [5.41, 5.74) is 0. The van der Waals surface area contributed by atoms with Gasteiger partial charge in [0.1, 0.15) is 0 Å². The summed E-state index contributed by atoms with van der Waals surface area (Å²) in [6, 6.07) is 0. The molecule has 16 nitrogen and oxygen atoms in total. The molecule has 0 saturated carbocycles. The van der Waals surface area contributed by atoms with Crippen molar-refractivity contribution in [3.8, 4) is 0 Å². The fourth-order valence-corrected chi connectivity index (χ4v) is 0. The van der Waals surface area contributed by atoms with Gasteiger partial charge in [0.25, 0.3) is 0 Å². The van der Waals surface area contributed by atoms with E-state index in [-0.39, 0.29) is 18.5 Å². The predicted octanol–water partition coefficient (Wildman–Crippen LogP) is -0.846. The van der Waals surface area contributed by atoms with Crippen molar-refractivity contribution in [3.05, 3.63) is 61.3 Å². The van der Waals surface area contributed by atoms with Crippen LogP contribution in [0.1, 0.15) is 1.43 Å². The van der Waals surface area contributed by atoms with Crippen LogP contribution in [0.2, 0.25) is 0 Å². The summed E-state index contributed by atoms with van der Waals surface area (Å²) >= 11 is 0. The maximum atomic E-state index is 8.25. The first kappa shape index (κ1) is 29.2. The summed E-state index contributed by atoms with van der Waals surface area (Å²) in [4.78, 5) is 33.0. The normalized spacial score (nSPS) is 5.65. The van der Waals surface area contributed by atoms with E-state index in [1.807, 2.05) is 0 Å². The first-order chi connectivity index (χ1) is 6.93. The van der Waals surface area contributed by atoms with E-state index in [9.17, 15) is 0 Å². The van der Waals surface area contributed by atoms with E-state index in [0.717, 1.165) is 0 Å². The molecule has 1 radical (unpaired) electrons. The van der Waals surface area contributed by atoms with Gasteiger partial charge in [-0.1, -0.05) is 0 Å². The molecular weight excluding hydrogens is 304 g/mol. The van der Waals surface area contributed by atoms with Crippen molar-refractivity contribution >= 4 is 0 Å². The maximum absolute atomic E-state index is 8.25. The third kappa shape index (κ3) is 238. The molecule has 101 valence electrons. The molecule has 0 N–H and O–H groups in total. The van der Waals surface area contributed by atoms with E-state index < -0.39 is 20.3 Å². The molecule has 17 heteroatoms. The van der Waals surface area contributed by atoms with Gasteiger partial charge in [-0.25, -0.2) is 0 Å². The van der Waals surface area contributed by atoms with Crippen molar-refractivity contribution in [1.82, 2.24) is 0 Å². The van der Waals surface area contributed by atoms with Gasteiger partial charge in [0.2, 0.25) is 0 Å². The Morgan fingerprint density at radius 1 is 0.471 bits per heavy atom. The van der Waals surface area contributed by atoms with E-state index in [0.29, 0.717) is 0 Å². The van der Waals surface area contributed by atoms with Crippen LogP contribution in [0.3, 0.4) is 0 Å². The van der Waals surface area contributed by atoms with Gasteiger partial charge in [-0.15, -0.1) is 0 Å². The van der Waals surface area contributed by atoms with E-state index >= 15 is 0 Å². The molecule has 0 saturated heterocycles. The van der Waals surface area contributed by atoms with Gasteiger partial charge >= 0.3 is 18.5 Å². The average Bonchev–Trinajstić information content (AvgIpc) is 1.76. The molecule has 0 heterocycles. The molecule has 17 heavy (non-hydrogen) atoms. The Kier molecular flexibility index (Phi) is 40.0. The van der Waals surface area contributed by atoms with Crippen LogP contribution in [0.15, 0.2) is 0 Å². The quantitative estimate of drug-likeness (QED) is 0.300. The minimum Gasteiger partial charge on any atom is -0.356 e. The smallest absolute Gasteiger partial charge is 0.356 e. The summed E-state index contributed by atoms with van der Waals surface area (Å²) in [5, 5.41) is 59.0. The number of nitrogens with zero attached hydrogens (tertiary/aromatic N) is 4. The summed E-state index contributed by atoms with van der Waals surface area (Å²) in [7, 11) is 0. The van der Waals surface area contributed by atoms with E-state index in [2.05, 4.69) is 0 Å². The van der Waals surface area contributed by atoms with Crippen molar-refractivity contribution in [2.75, 3.05) is 0 Å². The third-order valence-corrected chi connectivity index (χ3v) is 0. The Morgan fingerprint density at radius 2 is 0.471 bits per heavy atom. The Balaban J connectivity index is -0.0000000257. The molecule has 0 aromatic rings. The standard InChI is InChI=1S/Fe.4NO3/c;4*2-1(3)4/q+3;4*-1/p+1. The van der Waals surface area contributed by atoms with Gasteiger partial charge < -0.3 is 61.3 Å². The van der Waals surface area contributed by atoms with Crippen LogP contribution in [0.5, 0.6) is 0 Å². The van der Waals surface area contributed by atoms with Crippen LogP contribution in [0, 0.1) is 61.3 Å². The molecule has 0 aliphatic rings. The minimum absolute atomic E-state index is 0. The van der Waals surface area contributed by atoms with Gasteiger partial charge in [-0.05, 0) is 0 Å². The van der Waals surface area contributed by atoms with Gasteiger partial charge in [0, 0.05) is 0 Å². The van der Waals surface area contributed by atoms with Crippen LogP contribution < -0.4 is 0 Å². The van der Waals surface area contributed by atoms with Crippen LogP contribution in [-0.4, -0.2) is 20.3 Å². The largest absolute Gasteiger partial charge is 3.00 e. The van der Waals surface area contributed by atoms with Crippen LogP contribution in [0.25, 0.3) is 0 Å². The minimum atomic E-state index is -1.75. The molecule has 0 spiro atoms. The molecule has 0 fully saturated rings. The molecule has 0 aliphatic heterocycles. The summed E-state index contributed by atoms with van der Waals surface area (Å²) < 4.78 is 0. The van der Waals surface area contributed by atoms with Crippen LogP contribution in [0.4, 0.5) is 0 Å². The number of hydrogen-bond acceptors (Lipinski definition) is 12. The fourth-order valence-electron chi connectivity index (χ4n) is 0. The second-order valence-corrected chi connectivity index (χ2v) is 0.894. The maximum Gasteiger partial charge on any atom is 3.00 e. The fraction of sp³-hybridized carbons (Fsp3) is 0. The predicted molar refractivity (Wildman–Crippen MR) is 42.6 cm³/mol. The molecule has 0 unspecified atom stereocenters. The van der Waals surface area contributed by atoms with Crippen molar-refractivity contribution in [1.29, 1.82) is 0 Å². The molecular formula is HFeN4O12. The molecule has 0 aromatic heterocycles. The Bertz CT molecular complexity index is 164. The molecule has 0 bridgehead atoms. The summed E-state index contributed by atoms with van der Waals surface area (Å²) in [6.45, 7) is 0. The zero-order valence-electron chi connectivity index (χ0n) is 8.04. The van der Waals surface area contributed by atoms with Gasteiger partial charge in [0.05, 0.1) is 20.3 Å². The first-order valence-electron chi connectivity index (χ1n) is 2.19. The van der Waals surface area contributed by atoms with Crippen molar-refractivity contribution in [2.24, 2.45) is 0 Å². The Hall–Kier alpha value is -2.68. The van der Waals surface area contributed by atoms with Gasteiger partial charge in [0.15, 0.2) is 0 Å². The molecule has 0 aliphatic carbocycles. The van der Waals surface area contributed by atoms with E-state index in [1.165, 1.54) is 0 Å². The van der Waals surface area contributed by atoms with Gasteiger partial charge in [-0.2, -0.15) is 0 Å². The van der Waals surface area contributed by atoms with E-state index in [4.69, 9.17) is 61.3 Å². The average molecular weight is 305 g/mol. The molecule has 0 atom stereocenters. The van der Waals surface area contributed by atoms with Crippen molar-refractivity contribution < 1.29 is 38.8 Å². The second kappa shape index (κ2) is 23.3. The Labute approximate surface area is 101 Å². The molecule has 0 aromatic carbocycles. The first-order valence-corrected chi connectivity index (χ1v) is 2.19. The van der Waals surface area contributed by atoms with Crippen molar-refractivity contribution in [2.45, 2.75) is 0 Å². The third-order valence-electron chi connectivity index (χ3n) is 0. The zero-order chi connectivity index (χ0) is 14.3. The summed E-state index contributed by atoms with van der Waals surface area (Å²) in [5.74, 6) is 0. The van der Waals surface area contributed by atoms with Crippen molar-refractivity contribution in [3.63, 3.8) is 0 Å². The second-order valence-electron chi connectivity index (χ2n) is 0.894. The monoisotopic (exact) mass is 305 g/mol.